The van der Waals surface area contributed by atoms with Crippen molar-refractivity contribution < 1.29 is 9.59 Å². The first-order valence-corrected chi connectivity index (χ1v) is 8.96. The Bertz CT molecular complexity index is 595. The third-order valence-electron chi connectivity index (χ3n) is 5.03. The van der Waals surface area contributed by atoms with E-state index in [1.54, 1.807) is 0 Å². The highest BCUT2D eigenvalue weighted by molar-refractivity contribution is 5.81. The maximum absolute atomic E-state index is 12.6. The number of rotatable bonds is 5. The van der Waals surface area contributed by atoms with Crippen LogP contribution in [0.25, 0.3) is 0 Å². The van der Waals surface area contributed by atoms with Crippen LogP contribution in [-0.4, -0.2) is 36.3 Å². The molecule has 24 heavy (non-hydrogen) atoms. The lowest BCUT2D eigenvalue weighted by Crippen LogP contribution is -2.47. The van der Waals surface area contributed by atoms with Crippen molar-refractivity contribution in [3.8, 4) is 0 Å². The summed E-state index contributed by atoms with van der Waals surface area (Å²) in [4.78, 5) is 26.3. The van der Waals surface area contributed by atoms with Gasteiger partial charge in [0.1, 0.15) is 0 Å². The van der Waals surface area contributed by atoms with E-state index in [1.807, 2.05) is 24.0 Å². The molecule has 0 radical (unpaired) electrons. The topological polar surface area (TPSA) is 49.4 Å². The molecule has 0 aliphatic carbocycles. The van der Waals surface area contributed by atoms with Gasteiger partial charge in [0, 0.05) is 31.5 Å². The SMILES string of the molecule is CCC(=O)N1CCC[C@H](C(=O)NCC(C)(C)c2ccccc2C)C1. The van der Waals surface area contributed by atoms with Gasteiger partial charge in [-0.15, -0.1) is 0 Å². The van der Waals surface area contributed by atoms with E-state index in [-0.39, 0.29) is 23.1 Å². The highest BCUT2D eigenvalue weighted by Crippen LogP contribution is 2.26. The zero-order valence-electron chi connectivity index (χ0n) is 15.4. The summed E-state index contributed by atoms with van der Waals surface area (Å²) < 4.78 is 0. The number of nitrogens with zero attached hydrogens (tertiary/aromatic N) is 1. The monoisotopic (exact) mass is 330 g/mol. The summed E-state index contributed by atoms with van der Waals surface area (Å²) in [6, 6.07) is 8.31. The standard InChI is InChI=1S/C20H30N2O2/c1-5-18(23)22-12-8-10-16(13-22)19(24)21-14-20(3,4)17-11-7-6-9-15(17)2/h6-7,9,11,16H,5,8,10,12-14H2,1-4H3,(H,21,24)/t16-/m0/s1. The second-order valence-corrected chi connectivity index (χ2v) is 7.45. The van der Waals surface area contributed by atoms with E-state index in [0.717, 1.165) is 19.4 Å². The summed E-state index contributed by atoms with van der Waals surface area (Å²) in [7, 11) is 0. The van der Waals surface area contributed by atoms with Crippen molar-refractivity contribution >= 4 is 11.8 Å². The zero-order valence-corrected chi connectivity index (χ0v) is 15.4. The number of carbonyl (C=O) groups excluding carboxylic acids is 2. The highest BCUT2D eigenvalue weighted by atomic mass is 16.2. The van der Waals surface area contributed by atoms with E-state index in [0.29, 0.717) is 19.5 Å². The molecule has 1 N–H and O–H groups in total. The number of aryl methyl sites for hydroxylation is 1. The molecule has 1 atom stereocenters. The Hall–Kier alpha value is -1.84. The lowest BCUT2D eigenvalue weighted by atomic mass is 9.82. The van der Waals surface area contributed by atoms with Gasteiger partial charge in [0.05, 0.1) is 5.92 Å². The summed E-state index contributed by atoms with van der Waals surface area (Å²) >= 11 is 0. The average Bonchev–Trinajstić information content (AvgIpc) is 2.59. The summed E-state index contributed by atoms with van der Waals surface area (Å²) in [5, 5.41) is 3.12. The predicted molar refractivity (Wildman–Crippen MR) is 96.8 cm³/mol. The molecule has 0 aromatic heterocycles. The van der Waals surface area contributed by atoms with Crippen molar-refractivity contribution in [2.45, 2.75) is 52.4 Å². The van der Waals surface area contributed by atoms with Crippen LogP contribution in [0.3, 0.4) is 0 Å². The number of amides is 2. The van der Waals surface area contributed by atoms with Crippen LogP contribution in [-0.2, 0) is 15.0 Å². The van der Waals surface area contributed by atoms with Gasteiger partial charge in [-0.25, -0.2) is 0 Å². The first-order valence-electron chi connectivity index (χ1n) is 8.96. The van der Waals surface area contributed by atoms with Crippen LogP contribution in [0.4, 0.5) is 0 Å². The molecule has 4 heteroatoms. The Labute approximate surface area is 145 Å². The first-order chi connectivity index (χ1) is 11.3. The smallest absolute Gasteiger partial charge is 0.224 e. The maximum Gasteiger partial charge on any atom is 0.224 e. The van der Waals surface area contributed by atoms with E-state index in [9.17, 15) is 9.59 Å². The fourth-order valence-corrected chi connectivity index (χ4v) is 3.52. The third kappa shape index (κ3) is 4.37. The molecule has 4 nitrogen and oxygen atoms in total. The Morgan fingerprint density at radius 2 is 2.00 bits per heavy atom. The van der Waals surface area contributed by atoms with Crippen LogP contribution in [0.1, 0.15) is 51.2 Å². The lowest BCUT2D eigenvalue weighted by molar-refractivity contribution is -0.135. The van der Waals surface area contributed by atoms with Crippen molar-refractivity contribution in [1.29, 1.82) is 0 Å². The number of hydrogen-bond donors (Lipinski definition) is 1. The van der Waals surface area contributed by atoms with Crippen LogP contribution in [0.2, 0.25) is 0 Å². The van der Waals surface area contributed by atoms with Gasteiger partial charge < -0.3 is 10.2 Å². The van der Waals surface area contributed by atoms with E-state index in [4.69, 9.17) is 0 Å². The van der Waals surface area contributed by atoms with Crippen LogP contribution in [0.5, 0.6) is 0 Å². The Kier molecular flexibility index (Phi) is 6.03. The van der Waals surface area contributed by atoms with E-state index >= 15 is 0 Å². The van der Waals surface area contributed by atoms with Crippen molar-refractivity contribution in [2.75, 3.05) is 19.6 Å². The van der Waals surface area contributed by atoms with E-state index < -0.39 is 0 Å². The van der Waals surface area contributed by atoms with Gasteiger partial charge in [-0.05, 0) is 30.9 Å². The van der Waals surface area contributed by atoms with Crippen LogP contribution < -0.4 is 5.32 Å². The van der Waals surface area contributed by atoms with Crippen LogP contribution in [0, 0.1) is 12.8 Å². The molecule has 132 valence electrons. The number of nitrogens with one attached hydrogen (secondary N) is 1. The molecule has 0 spiro atoms. The number of benzene rings is 1. The number of hydrogen-bond acceptors (Lipinski definition) is 2. The maximum atomic E-state index is 12.6. The van der Waals surface area contributed by atoms with Crippen molar-refractivity contribution in [1.82, 2.24) is 10.2 Å². The molecular formula is C20H30N2O2. The molecule has 1 aliphatic rings. The minimum Gasteiger partial charge on any atom is -0.355 e. The minimum absolute atomic E-state index is 0.0743. The molecule has 1 heterocycles. The molecule has 2 rings (SSSR count). The van der Waals surface area contributed by atoms with Gasteiger partial charge in [0.15, 0.2) is 0 Å². The van der Waals surface area contributed by atoms with Gasteiger partial charge >= 0.3 is 0 Å². The Morgan fingerprint density at radius 1 is 1.29 bits per heavy atom. The molecule has 2 amide bonds. The number of piperidine rings is 1. The van der Waals surface area contributed by atoms with Gasteiger partial charge in [-0.3, -0.25) is 9.59 Å². The molecule has 0 bridgehead atoms. The second-order valence-electron chi connectivity index (χ2n) is 7.45. The third-order valence-corrected chi connectivity index (χ3v) is 5.03. The summed E-state index contributed by atoms with van der Waals surface area (Å²) in [5.41, 5.74) is 2.39. The molecular weight excluding hydrogens is 300 g/mol. The molecule has 1 fully saturated rings. The lowest BCUT2D eigenvalue weighted by Gasteiger charge is -2.33. The summed E-state index contributed by atoms with van der Waals surface area (Å²) in [5.74, 6) is 0.139. The van der Waals surface area contributed by atoms with Crippen LogP contribution >= 0.6 is 0 Å². The number of likely N-dealkylation sites (tertiary alicyclic amines) is 1. The zero-order chi connectivity index (χ0) is 17.7. The fraction of sp³-hybridized carbons (Fsp3) is 0.600. The Morgan fingerprint density at radius 3 is 2.67 bits per heavy atom. The Balaban J connectivity index is 1.95. The minimum atomic E-state index is -0.116. The van der Waals surface area contributed by atoms with Crippen molar-refractivity contribution in [3.05, 3.63) is 35.4 Å². The largest absolute Gasteiger partial charge is 0.355 e. The average molecular weight is 330 g/mol. The van der Waals surface area contributed by atoms with Crippen LogP contribution in [0.15, 0.2) is 24.3 Å². The van der Waals surface area contributed by atoms with Gasteiger partial charge in [0.2, 0.25) is 11.8 Å². The fourth-order valence-electron chi connectivity index (χ4n) is 3.52. The number of carbonyl (C=O) groups is 2. The van der Waals surface area contributed by atoms with Gasteiger partial charge in [-0.2, -0.15) is 0 Å². The quantitative estimate of drug-likeness (QED) is 0.902. The molecule has 1 saturated heterocycles. The first kappa shape index (κ1) is 18.5. The summed E-state index contributed by atoms with van der Waals surface area (Å²) in [6.45, 7) is 10.2. The molecule has 1 aromatic rings. The predicted octanol–water partition coefficient (Wildman–Crippen LogP) is 3.04. The normalized spacial score (nSPS) is 18.3. The van der Waals surface area contributed by atoms with Crippen molar-refractivity contribution in [2.24, 2.45) is 5.92 Å². The van der Waals surface area contributed by atoms with E-state index in [1.165, 1.54) is 11.1 Å². The molecule has 1 aliphatic heterocycles. The second kappa shape index (κ2) is 7.82. The van der Waals surface area contributed by atoms with E-state index in [2.05, 4.69) is 38.2 Å². The highest BCUT2D eigenvalue weighted by Gasteiger charge is 2.29. The van der Waals surface area contributed by atoms with Gasteiger partial charge in [-0.1, -0.05) is 45.0 Å². The van der Waals surface area contributed by atoms with Gasteiger partial charge in [0.25, 0.3) is 0 Å². The van der Waals surface area contributed by atoms with Crippen molar-refractivity contribution in [3.63, 3.8) is 0 Å². The molecule has 1 aromatic carbocycles. The molecule has 0 unspecified atom stereocenters. The molecule has 0 saturated carbocycles. The summed E-state index contributed by atoms with van der Waals surface area (Å²) in [6.07, 6.45) is 2.28.